The average molecular weight is 484 g/mol. The summed E-state index contributed by atoms with van der Waals surface area (Å²) in [6.07, 6.45) is 0.852. The summed E-state index contributed by atoms with van der Waals surface area (Å²) in [4.78, 5) is 28.6. The van der Waals surface area contributed by atoms with Gasteiger partial charge in [-0.25, -0.2) is 4.79 Å². The molecule has 1 saturated carbocycles. The third-order valence-corrected chi connectivity index (χ3v) is 6.41. The largest absolute Gasteiger partial charge is 0.480 e. The third-order valence-electron chi connectivity index (χ3n) is 6.41. The highest BCUT2D eigenvalue weighted by Crippen LogP contribution is 2.36. The van der Waals surface area contributed by atoms with Gasteiger partial charge in [0.1, 0.15) is 5.54 Å². The number of aliphatic carboxylic acids is 1. The van der Waals surface area contributed by atoms with Crippen LogP contribution in [-0.2, 0) is 16.1 Å². The van der Waals surface area contributed by atoms with Crippen LogP contribution in [0.15, 0.2) is 71.3 Å². The number of aryl methyl sites for hydroxylation is 1. The SMILES string of the molecule is COCc1cc(-c2nc(-c3cccc(C(=O)NC4(C(=O)O)CC4)c3)no2)ccc1-c1ccccc1C. The Balaban J connectivity index is 1.42. The van der Waals surface area contributed by atoms with Crippen molar-refractivity contribution in [3.8, 4) is 34.0 Å². The molecule has 1 aromatic heterocycles. The second kappa shape index (κ2) is 9.39. The molecule has 182 valence electrons. The van der Waals surface area contributed by atoms with Crippen molar-refractivity contribution in [3.05, 3.63) is 83.4 Å². The zero-order chi connectivity index (χ0) is 25.3. The molecule has 36 heavy (non-hydrogen) atoms. The van der Waals surface area contributed by atoms with Crippen molar-refractivity contribution in [2.45, 2.75) is 31.9 Å². The summed E-state index contributed by atoms with van der Waals surface area (Å²) in [6.45, 7) is 2.50. The molecule has 1 aliphatic carbocycles. The Bertz CT molecular complexity index is 1460. The maximum Gasteiger partial charge on any atom is 0.329 e. The van der Waals surface area contributed by atoms with Gasteiger partial charge in [0, 0.05) is 23.8 Å². The van der Waals surface area contributed by atoms with Crippen LogP contribution >= 0.6 is 0 Å². The van der Waals surface area contributed by atoms with Crippen molar-refractivity contribution in [2.24, 2.45) is 0 Å². The number of carbonyl (C=O) groups is 2. The minimum absolute atomic E-state index is 0.329. The Labute approximate surface area is 207 Å². The van der Waals surface area contributed by atoms with E-state index in [0.717, 1.165) is 22.3 Å². The van der Waals surface area contributed by atoms with Gasteiger partial charge >= 0.3 is 5.97 Å². The van der Waals surface area contributed by atoms with Crippen LogP contribution in [0.25, 0.3) is 34.0 Å². The molecule has 0 radical (unpaired) electrons. The number of aromatic nitrogens is 2. The van der Waals surface area contributed by atoms with Crippen LogP contribution in [0.2, 0.25) is 0 Å². The summed E-state index contributed by atoms with van der Waals surface area (Å²) >= 11 is 0. The molecule has 1 amide bonds. The number of methoxy groups -OCH3 is 1. The first-order valence-corrected chi connectivity index (χ1v) is 11.6. The number of nitrogens with zero attached hydrogens (tertiary/aromatic N) is 2. The van der Waals surface area contributed by atoms with Crippen molar-refractivity contribution < 1.29 is 24.0 Å². The fourth-order valence-corrected chi connectivity index (χ4v) is 4.20. The normalized spacial score (nSPS) is 13.8. The Morgan fingerprint density at radius 3 is 2.56 bits per heavy atom. The van der Waals surface area contributed by atoms with E-state index in [4.69, 9.17) is 9.26 Å². The van der Waals surface area contributed by atoms with Gasteiger partial charge in [0.2, 0.25) is 5.82 Å². The van der Waals surface area contributed by atoms with Crippen LogP contribution in [0.4, 0.5) is 0 Å². The summed E-state index contributed by atoms with van der Waals surface area (Å²) in [5.41, 5.74) is 4.89. The van der Waals surface area contributed by atoms with Gasteiger partial charge in [0.15, 0.2) is 0 Å². The van der Waals surface area contributed by atoms with Crippen molar-refractivity contribution in [2.75, 3.05) is 7.11 Å². The van der Waals surface area contributed by atoms with Gasteiger partial charge in [0.05, 0.1) is 6.61 Å². The van der Waals surface area contributed by atoms with E-state index < -0.39 is 17.4 Å². The standard InChI is InChI=1S/C28H25N3O5/c1-17-6-3-4-9-22(17)23-11-10-20(15-21(23)16-35-2)26-29-24(31-36-26)18-7-5-8-19(14-18)25(32)30-28(12-13-28)27(33)34/h3-11,14-15H,12-13,16H2,1-2H3,(H,30,32)(H,33,34). The van der Waals surface area contributed by atoms with E-state index in [-0.39, 0.29) is 0 Å². The number of hydrogen-bond donors (Lipinski definition) is 2. The van der Waals surface area contributed by atoms with Crippen molar-refractivity contribution in [1.29, 1.82) is 0 Å². The molecule has 2 N–H and O–H groups in total. The zero-order valence-electron chi connectivity index (χ0n) is 19.9. The molecule has 1 aliphatic rings. The highest BCUT2D eigenvalue weighted by molar-refractivity contribution is 5.99. The van der Waals surface area contributed by atoms with Gasteiger partial charge in [0.25, 0.3) is 11.8 Å². The maximum absolute atomic E-state index is 12.6. The zero-order valence-corrected chi connectivity index (χ0v) is 19.9. The predicted molar refractivity (Wildman–Crippen MR) is 133 cm³/mol. The van der Waals surface area contributed by atoms with Crippen LogP contribution < -0.4 is 5.32 Å². The average Bonchev–Trinajstić information content (AvgIpc) is 3.50. The first-order chi connectivity index (χ1) is 17.4. The van der Waals surface area contributed by atoms with E-state index in [1.807, 2.05) is 30.3 Å². The summed E-state index contributed by atoms with van der Waals surface area (Å²) in [5.74, 6) is -0.792. The number of amides is 1. The predicted octanol–water partition coefficient (Wildman–Crippen LogP) is 4.87. The Morgan fingerprint density at radius 1 is 1.03 bits per heavy atom. The molecule has 4 aromatic rings. The third kappa shape index (κ3) is 4.50. The molecule has 0 unspecified atom stereocenters. The molecule has 0 bridgehead atoms. The lowest BCUT2D eigenvalue weighted by atomic mass is 9.94. The van der Waals surface area contributed by atoms with Gasteiger partial charge in [-0.1, -0.05) is 47.6 Å². The van der Waals surface area contributed by atoms with E-state index in [1.54, 1.807) is 31.4 Å². The molecular weight excluding hydrogens is 458 g/mol. The van der Waals surface area contributed by atoms with Gasteiger partial charge in [-0.05, 0) is 66.3 Å². The van der Waals surface area contributed by atoms with Crippen molar-refractivity contribution in [1.82, 2.24) is 15.5 Å². The van der Waals surface area contributed by atoms with E-state index in [1.165, 1.54) is 5.56 Å². The van der Waals surface area contributed by atoms with Crippen LogP contribution in [0, 0.1) is 6.92 Å². The van der Waals surface area contributed by atoms with Crippen LogP contribution in [0.3, 0.4) is 0 Å². The summed E-state index contributed by atoms with van der Waals surface area (Å²) in [7, 11) is 1.66. The number of benzene rings is 3. The second-order valence-corrected chi connectivity index (χ2v) is 8.97. The molecule has 8 nitrogen and oxygen atoms in total. The van der Waals surface area contributed by atoms with Crippen molar-refractivity contribution >= 4 is 11.9 Å². The highest BCUT2D eigenvalue weighted by Gasteiger charge is 2.51. The molecule has 8 heteroatoms. The smallest absolute Gasteiger partial charge is 0.329 e. The number of carbonyl (C=O) groups excluding carboxylic acids is 1. The molecule has 3 aromatic carbocycles. The monoisotopic (exact) mass is 483 g/mol. The molecule has 0 spiro atoms. The molecule has 0 atom stereocenters. The lowest BCUT2D eigenvalue weighted by molar-refractivity contribution is -0.140. The van der Waals surface area contributed by atoms with Gasteiger partial charge in [-0.3, -0.25) is 4.79 Å². The minimum atomic E-state index is -1.16. The van der Waals surface area contributed by atoms with Crippen LogP contribution in [0.1, 0.15) is 34.3 Å². The number of nitrogens with one attached hydrogen (secondary N) is 1. The van der Waals surface area contributed by atoms with Gasteiger partial charge in [-0.15, -0.1) is 0 Å². The quantitative estimate of drug-likeness (QED) is 0.367. The van der Waals surface area contributed by atoms with Crippen LogP contribution in [-0.4, -0.2) is 39.8 Å². The fraction of sp³-hybridized carbons (Fsp3) is 0.214. The van der Waals surface area contributed by atoms with Crippen LogP contribution in [0.5, 0.6) is 0 Å². The number of rotatable bonds is 8. The van der Waals surface area contributed by atoms with E-state index in [2.05, 4.69) is 34.5 Å². The molecular formula is C28H25N3O5. The van der Waals surface area contributed by atoms with E-state index in [9.17, 15) is 14.7 Å². The molecule has 5 rings (SSSR count). The number of hydrogen-bond acceptors (Lipinski definition) is 6. The number of carboxylic acid groups (broad SMARTS) is 1. The Kier molecular flexibility index (Phi) is 6.12. The molecule has 0 saturated heterocycles. The number of carboxylic acids is 1. The number of ether oxygens (including phenoxy) is 1. The molecule has 1 heterocycles. The lowest BCUT2D eigenvalue weighted by Crippen LogP contribution is -2.43. The molecule has 0 aliphatic heterocycles. The topological polar surface area (TPSA) is 115 Å². The lowest BCUT2D eigenvalue weighted by Gasteiger charge is -2.12. The molecule has 1 fully saturated rings. The fourth-order valence-electron chi connectivity index (χ4n) is 4.20. The first-order valence-electron chi connectivity index (χ1n) is 11.6. The van der Waals surface area contributed by atoms with E-state index >= 15 is 0 Å². The van der Waals surface area contributed by atoms with Crippen molar-refractivity contribution in [3.63, 3.8) is 0 Å². The minimum Gasteiger partial charge on any atom is -0.480 e. The van der Waals surface area contributed by atoms with E-state index in [0.29, 0.717) is 42.3 Å². The highest BCUT2D eigenvalue weighted by atomic mass is 16.5. The summed E-state index contributed by atoms with van der Waals surface area (Å²) in [5, 5.41) is 16.1. The van der Waals surface area contributed by atoms with Gasteiger partial charge < -0.3 is 19.7 Å². The maximum atomic E-state index is 12.6. The summed E-state index contributed by atoms with van der Waals surface area (Å²) < 4.78 is 11.0. The first kappa shape index (κ1) is 23.4. The van der Waals surface area contributed by atoms with Gasteiger partial charge in [-0.2, -0.15) is 4.98 Å². The Hall–Kier alpha value is -4.30. The Morgan fingerprint density at radius 2 is 1.83 bits per heavy atom. The second-order valence-electron chi connectivity index (χ2n) is 8.97. The summed E-state index contributed by atoms with van der Waals surface area (Å²) in [6, 6.07) is 20.8.